The molecular weight excluding hydrogens is 351 g/mol. The maximum Gasteiger partial charge on any atom is 0.256 e. The second kappa shape index (κ2) is 7.53. The molecule has 0 bridgehead atoms. The van der Waals surface area contributed by atoms with Crippen LogP contribution in [0.4, 0.5) is 21.6 Å². The van der Waals surface area contributed by atoms with Gasteiger partial charge in [-0.2, -0.15) is 0 Å². The van der Waals surface area contributed by atoms with Crippen molar-refractivity contribution in [1.29, 1.82) is 0 Å². The highest BCUT2D eigenvalue weighted by Gasteiger charge is 2.13. The van der Waals surface area contributed by atoms with Crippen molar-refractivity contribution < 1.29 is 9.18 Å². The molecule has 134 valence electrons. The summed E-state index contributed by atoms with van der Waals surface area (Å²) in [7, 11) is 0. The predicted octanol–water partition coefficient (Wildman–Crippen LogP) is 4.35. The summed E-state index contributed by atoms with van der Waals surface area (Å²) in [5.41, 5.74) is 8.00. The molecule has 0 aliphatic carbocycles. The van der Waals surface area contributed by atoms with Crippen LogP contribution in [0.5, 0.6) is 0 Å². The molecular formula is C19H19FN4OS. The van der Waals surface area contributed by atoms with E-state index < -0.39 is 0 Å². The number of nitrogens with zero attached hydrogens (tertiary/aromatic N) is 1. The predicted molar refractivity (Wildman–Crippen MR) is 104 cm³/mol. The lowest BCUT2D eigenvalue weighted by molar-refractivity contribution is 0.102. The maximum atomic E-state index is 14.1. The Hall–Kier alpha value is -2.93. The number of carbonyl (C=O) groups excluding carboxylic acids is 1. The molecule has 0 atom stereocenters. The zero-order chi connectivity index (χ0) is 18.7. The Labute approximate surface area is 155 Å². The van der Waals surface area contributed by atoms with Crippen LogP contribution >= 0.6 is 11.3 Å². The number of hydrogen-bond donors (Lipinski definition) is 3. The first kappa shape index (κ1) is 17.9. The fourth-order valence-corrected chi connectivity index (χ4v) is 3.52. The van der Waals surface area contributed by atoms with E-state index in [0.29, 0.717) is 28.3 Å². The number of hydrogen-bond acceptors (Lipinski definition) is 5. The van der Waals surface area contributed by atoms with Gasteiger partial charge in [-0.1, -0.05) is 0 Å². The Bertz CT molecular complexity index is 954. The number of anilines is 3. The summed E-state index contributed by atoms with van der Waals surface area (Å²) in [4.78, 5) is 18.4. The maximum absolute atomic E-state index is 14.1. The zero-order valence-corrected chi connectivity index (χ0v) is 15.3. The number of rotatable bonds is 5. The standard InChI is InChI=1S/C19H19FN4OS/c1-11-8-15(12(2)26-11)19(25)24-14-5-6-16(20)13(9-14)10-23-17-4-3-7-22-18(17)21/h3-9,23H,10H2,1-2H3,(H2,21,22)(H,24,25). The minimum Gasteiger partial charge on any atom is -0.382 e. The van der Waals surface area contributed by atoms with E-state index in [2.05, 4.69) is 15.6 Å². The summed E-state index contributed by atoms with van der Waals surface area (Å²) in [6.45, 7) is 4.09. The molecule has 3 aromatic rings. The molecule has 1 aromatic carbocycles. The third-order valence-corrected chi connectivity index (χ3v) is 4.86. The molecule has 0 radical (unpaired) electrons. The second-order valence-electron chi connectivity index (χ2n) is 5.88. The highest BCUT2D eigenvalue weighted by molar-refractivity contribution is 7.12. The van der Waals surface area contributed by atoms with E-state index >= 15 is 0 Å². The number of halogens is 1. The first-order valence-electron chi connectivity index (χ1n) is 8.05. The number of aryl methyl sites for hydroxylation is 2. The van der Waals surface area contributed by atoms with Crippen molar-refractivity contribution in [2.45, 2.75) is 20.4 Å². The Kier molecular flexibility index (Phi) is 5.18. The van der Waals surface area contributed by atoms with Gasteiger partial charge in [-0.25, -0.2) is 9.37 Å². The number of aromatic nitrogens is 1. The van der Waals surface area contributed by atoms with Crippen molar-refractivity contribution in [3.05, 3.63) is 69.3 Å². The third kappa shape index (κ3) is 4.00. The van der Waals surface area contributed by atoms with E-state index in [1.165, 1.54) is 6.07 Å². The summed E-state index contributed by atoms with van der Waals surface area (Å²) in [6.07, 6.45) is 1.59. The topological polar surface area (TPSA) is 80.0 Å². The van der Waals surface area contributed by atoms with Crippen molar-refractivity contribution >= 4 is 34.4 Å². The van der Waals surface area contributed by atoms with E-state index in [0.717, 1.165) is 9.75 Å². The van der Waals surface area contributed by atoms with Gasteiger partial charge in [0.05, 0.1) is 11.3 Å². The van der Waals surface area contributed by atoms with E-state index in [-0.39, 0.29) is 18.3 Å². The number of carbonyl (C=O) groups is 1. The average molecular weight is 370 g/mol. The smallest absolute Gasteiger partial charge is 0.256 e. The summed E-state index contributed by atoms with van der Waals surface area (Å²) < 4.78 is 14.1. The molecule has 4 N–H and O–H groups in total. The first-order valence-corrected chi connectivity index (χ1v) is 8.87. The van der Waals surface area contributed by atoms with Gasteiger partial charge in [0.2, 0.25) is 0 Å². The second-order valence-corrected chi connectivity index (χ2v) is 7.34. The van der Waals surface area contributed by atoms with Crippen molar-refractivity contribution in [2.75, 3.05) is 16.4 Å². The van der Waals surface area contributed by atoms with Crippen molar-refractivity contribution in [3.8, 4) is 0 Å². The number of pyridine rings is 1. The Morgan fingerprint density at radius 1 is 1.27 bits per heavy atom. The van der Waals surface area contributed by atoms with E-state index in [4.69, 9.17) is 5.73 Å². The van der Waals surface area contributed by atoms with Gasteiger partial charge >= 0.3 is 0 Å². The van der Waals surface area contributed by atoms with Crippen LogP contribution in [0.25, 0.3) is 0 Å². The van der Waals surface area contributed by atoms with Crippen LogP contribution in [0.3, 0.4) is 0 Å². The molecule has 0 unspecified atom stereocenters. The molecule has 3 rings (SSSR count). The van der Waals surface area contributed by atoms with Crippen molar-refractivity contribution in [2.24, 2.45) is 0 Å². The monoisotopic (exact) mass is 370 g/mol. The summed E-state index contributed by atoms with van der Waals surface area (Å²) >= 11 is 1.57. The Morgan fingerprint density at radius 3 is 2.77 bits per heavy atom. The number of nitrogens with two attached hydrogens (primary N) is 1. The van der Waals surface area contributed by atoms with Crippen LogP contribution in [0.15, 0.2) is 42.6 Å². The van der Waals surface area contributed by atoms with Crippen LogP contribution in [0.1, 0.15) is 25.7 Å². The largest absolute Gasteiger partial charge is 0.382 e. The van der Waals surface area contributed by atoms with Crippen molar-refractivity contribution in [3.63, 3.8) is 0 Å². The van der Waals surface area contributed by atoms with Gasteiger partial charge < -0.3 is 16.4 Å². The minimum atomic E-state index is -0.361. The lowest BCUT2D eigenvalue weighted by Gasteiger charge is -2.11. The van der Waals surface area contributed by atoms with Gasteiger partial charge in [-0.05, 0) is 50.2 Å². The van der Waals surface area contributed by atoms with Gasteiger partial charge in [0.1, 0.15) is 11.6 Å². The zero-order valence-electron chi connectivity index (χ0n) is 14.5. The lowest BCUT2D eigenvalue weighted by Crippen LogP contribution is -2.13. The molecule has 2 heterocycles. The molecule has 0 aliphatic heterocycles. The number of thiophene rings is 1. The van der Waals surface area contributed by atoms with Crippen molar-refractivity contribution in [1.82, 2.24) is 4.98 Å². The summed E-state index contributed by atoms with van der Waals surface area (Å²) in [5.74, 6) is -0.213. The van der Waals surface area contributed by atoms with Gasteiger partial charge in [-0.3, -0.25) is 4.79 Å². The Morgan fingerprint density at radius 2 is 2.08 bits per heavy atom. The molecule has 26 heavy (non-hydrogen) atoms. The molecule has 0 fully saturated rings. The normalized spacial score (nSPS) is 10.6. The molecule has 0 saturated carbocycles. The fraction of sp³-hybridized carbons (Fsp3) is 0.158. The van der Waals surface area contributed by atoms with Gasteiger partial charge in [-0.15, -0.1) is 11.3 Å². The van der Waals surface area contributed by atoms with E-state index in [9.17, 15) is 9.18 Å². The van der Waals surface area contributed by atoms with Gasteiger partial charge in [0.25, 0.3) is 5.91 Å². The number of benzene rings is 1. The minimum absolute atomic E-state index is 0.200. The third-order valence-electron chi connectivity index (χ3n) is 3.90. The first-order chi connectivity index (χ1) is 12.4. The van der Waals surface area contributed by atoms with E-state index in [1.807, 2.05) is 19.9 Å². The van der Waals surface area contributed by atoms with Crippen LogP contribution < -0.4 is 16.4 Å². The Balaban J connectivity index is 1.74. The van der Waals surface area contributed by atoms with Crippen LogP contribution in [0, 0.1) is 19.7 Å². The fourth-order valence-electron chi connectivity index (χ4n) is 2.60. The molecule has 7 heteroatoms. The lowest BCUT2D eigenvalue weighted by atomic mass is 10.1. The average Bonchev–Trinajstić information content (AvgIpc) is 2.95. The molecule has 0 saturated heterocycles. The molecule has 0 aliphatic rings. The molecule has 1 amide bonds. The molecule has 5 nitrogen and oxygen atoms in total. The summed E-state index contributed by atoms with van der Waals surface area (Å²) in [6, 6.07) is 9.87. The van der Waals surface area contributed by atoms with Crippen LogP contribution in [-0.2, 0) is 6.54 Å². The number of amides is 1. The summed E-state index contributed by atoms with van der Waals surface area (Å²) in [5, 5.41) is 5.88. The SMILES string of the molecule is Cc1cc(C(=O)Nc2ccc(F)c(CNc3cccnc3N)c2)c(C)s1. The van der Waals surface area contributed by atoms with Crippen LogP contribution in [-0.4, -0.2) is 10.9 Å². The highest BCUT2D eigenvalue weighted by Crippen LogP contribution is 2.23. The molecule has 2 aromatic heterocycles. The number of nitrogens with one attached hydrogen (secondary N) is 2. The highest BCUT2D eigenvalue weighted by atomic mass is 32.1. The number of nitrogen functional groups attached to an aromatic ring is 1. The van der Waals surface area contributed by atoms with E-state index in [1.54, 1.807) is 41.8 Å². The van der Waals surface area contributed by atoms with Gasteiger partial charge in [0, 0.05) is 33.7 Å². The van der Waals surface area contributed by atoms with Gasteiger partial charge in [0.15, 0.2) is 0 Å². The molecule has 0 spiro atoms. The van der Waals surface area contributed by atoms with Crippen LogP contribution in [0.2, 0.25) is 0 Å². The quantitative estimate of drug-likeness (QED) is 0.624.